The minimum Gasteiger partial charge on any atom is -0.415 e. The zero-order chi connectivity index (χ0) is 21.8. The second kappa shape index (κ2) is 9.22. The molecule has 1 fully saturated rings. The number of hydrogen-bond donors (Lipinski definition) is 2. The molecule has 2 aromatic heterocycles. The lowest BCUT2D eigenvalue weighted by Gasteiger charge is -2.24. The van der Waals surface area contributed by atoms with E-state index in [9.17, 15) is 4.79 Å². The predicted octanol–water partition coefficient (Wildman–Crippen LogP) is 3.06. The number of rotatable bonds is 7. The van der Waals surface area contributed by atoms with Crippen molar-refractivity contribution in [3.63, 3.8) is 0 Å². The fraction of sp³-hybridized carbons (Fsp3) is 0.409. The Hall–Kier alpha value is -3.33. The largest absolute Gasteiger partial charge is 0.415 e. The number of amides is 1. The van der Waals surface area contributed by atoms with Crippen molar-refractivity contribution in [3.05, 3.63) is 41.7 Å². The molecular formula is C22H33N7O2. The van der Waals surface area contributed by atoms with Crippen molar-refractivity contribution >= 4 is 11.7 Å². The average molecular weight is 428 g/mol. The zero-order valence-electron chi connectivity index (χ0n) is 18.1. The summed E-state index contributed by atoms with van der Waals surface area (Å²) in [4.78, 5) is 23.7. The highest BCUT2D eigenvalue weighted by Gasteiger charge is 2.32. The van der Waals surface area contributed by atoms with Gasteiger partial charge in [-0.1, -0.05) is 12.1 Å². The van der Waals surface area contributed by atoms with E-state index in [2.05, 4.69) is 25.8 Å². The summed E-state index contributed by atoms with van der Waals surface area (Å²) in [7, 11) is 1.91. The maximum atomic E-state index is 12.4. The van der Waals surface area contributed by atoms with Crippen molar-refractivity contribution in [2.75, 3.05) is 25.0 Å². The minimum atomic E-state index is -0.237. The number of benzene rings is 1. The molecule has 1 atom stereocenters. The molecule has 0 saturated carbocycles. The summed E-state index contributed by atoms with van der Waals surface area (Å²) in [5, 5.41) is 14.4. The molecule has 9 heteroatoms. The molecule has 0 aliphatic carbocycles. The zero-order valence-corrected chi connectivity index (χ0v) is 18.1. The molecule has 1 aliphatic heterocycles. The average Bonchev–Trinajstić information content (AvgIpc) is 3.45. The van der Waals surface area contributed by atoms with Gasteiger partial charge in [0.05, 0.1) is 11.9 Å². The lowest BCUT2D eigenvalue weighted by Crippen LogP contribution is -2.43. The van der Waals surface area contributed by atoms with Gasteiger partial charge in [0.1, 0.15) is 11.9 Å². The fourth-order valence-electron chi connectivity index (χ4n) is 3.79. The van der Waals surface area contributed by atoms with Crippen LogP contribution in [0.4, 0.5) is 5.82 Å². The van der Waals surface area contributed by atoms with E-state index in [0.29, 0.717) is 35.5 Å². The van der Waals surface area contributed by atoms with Crippen LogP contribution in [-0.2, 0) is 11.3 Å². The number of hydrogen-bond acceptors (Lipinski definition) is 8. The van der Waals surface area contributed by atoms with Crippen LogP contribution in [0.2, 0.25) is 0 Å². The van der Waals surface area contributed by atoms with Crippen molar-refractivity contribution in [1.29, 1.82) is 0 Å². The van der Waals surface area contributed by atoms with Crippen molar-refractivity contribution < 1.29 is 13.5 Å². The molecule has 3 heterocycles. The van der Waals surface area contributed by atoms with Crippen LogP contribution in [0.25, 0.3) is 23.0 Å². The van der Waals surface area contributed by atoms with Gasteiger partial charge < -0.3 is 20.0 Å². The number of likely N-dealkylation sites (N-methyl/N-ethyl adjacent to an activating group) is 1. The lowest BCUT2D eigenvalue weighted by atomic mass is 10.1. The molecule has 0 unspecified atom stereocenters. The summed E-state index contributed by atoms with van der Waals surface area (Å²) in [6.45, 7) is 5.93. The number of aryl methyl sites for hydroxylation is 1. The Labute approximate surface area is 185 Å². The van der Waals surface area contributed by atoms with Crippen LogP contribution < -0.4 is 15.5 Å². The van der Waals surface area contributed by atoms with E-state index in [4.69, 9.17) is 9.40 Å². The van der Waals surface area contributed by atoms with E-state index in [1.807, 2.05) is 50.1 Å². The van der Waals surface area contributed by atoms with Gasteiger partial charge in [-0.2, -0.15) is 0 Å². The molecule has 0 radical (unpaired) electrons. The van der Waals surface area contributed by atoms with Gasteiger partial charge in [0.25, 0.3) is 5.89 Å². The van der Waals surface area contributed by atoms with Gasteiger partial charge in [-0.05, 0) is 51.4 Å². The highest BCUT2D eigenvalue weighted by Crippen LogP contribution is 2.29. The van der Waals surface area contributed by atoms with E-state index < -0.39 is 0 Å². The second-order valence-electron chi connectivity index (χ2n) is 7.55. The van der Waals surface area contributed by atoms with E-state index in [1.165, 1.54) is 5.56 Å². The number of nitrogens with zero attached hydrogens (tertiary/aromatic N) is 5. The normalized spacial score (nSPS) is 16.0. The van der Waals surface area contributed by atoms with Crippen molar-refractivity contribution in [3.8, 4) is 23.0 Å². The molecule has 3 aromatic rings. The number of carbonyl (C=O) groups is 1. The highest BCUT2D eigenvalue weighted by molar-refractivity contribution is 5.85. The second-order valence-corrected chi connectivity index (χ2v) is 7.55. The van der Waals surface area contributed by atoms with Gasteiger partial charge in [0, 0.05) is 29.5 Å². The van der Waals surface area contributed by atoms with Crippen LogP contribution in [0.3, 0.4) is 0 Å². The predicted molar refractivity (Wildman–Crippen MR) is 124 cm³/mol. The first-order valence-corrected chi connectivity index (χ1v) is 10.6. The van der Waals surface area contributed by atoms with E-state index in [0.717, 1.165) is 31.5 Å². The van der Waals surface area contributed by atoms with Gasteiger partial charge in [0.15, 0.2) is 5.69 Å². The van der Waals surface area contributed by atoms with Crippen LogP contribution in [-0.4, -0.2) is 52.3 Å². The standard InChI is InChI=1S/C22H27N7O2.3H2/c1-4-24-20(30)17-6-5-11-29(17)18-13-25-14(2)19(26-18)22-28-27-21(31-22)16-9-7-15(8-10-16)12-23-3;;;/h7-10,13,17,23H,4-6,11-12H2,1-3H3,(H,24,30);3*1H/t17-;;;/m0.../s1. The lowest BCUT2D eigenvalue weighted by molar-refractivity contribution is -0.122. The first kappa shape index (κ1) is 20.9. The molecule has 31 heavy (non-hydrogen) atoms. The molecular weight excluding hydrogens is 394 g/mol. The molecule has 1 saturated heterocycles. The number of carbonyl (C=O) groups excluding carboxylic acids is 1. The number of anilines is 1. The van der Waals surface area contributed by atoms with Crippen molar-refractivity contribution in [1.82, 2.24) is 30.8 Å². The van der Waals surface area contributed by atoms with Gasteiger partial charge in [-0.15, -0.1) is 10.2 Å². The molecule has 9 nitrogen and oxygen atoms in total. The third kappa shape index (κ3) is 4.41. The Morgan fingerprint density at radius 1 is 1.26 bits per heavy atom. The van der Waals surface area contributed by atoms with E-state index in [-0.39, 0.29) is 16.2 Å². The third-order valence-electron chi connectivity index (χ3n) is 5.35. The van der Waals surface area contributed by atoms with Crippen LogP contribution >= 0.6 is 0 Å². The molecule has 0 bridgehead atoms. The molecule has 2 N–H and O–H groups in total. The molecule has 168 valence electrons. The van der Waals surface area contributed by atoms with Crippen LogP contribution in [0.5, 0.6) is 0 Å². The Morgan fingerprint density at radius 3 is 2.77 bits per heavy atom. The number of nitrogens with one attached hydrogen (secondary N) is 2. The fourth-order valence-corrected chi connectivity index (χ4v) is 3.79. The first-order chi connectivity index (χ1) is 15.1. The third-order valence-corrected chi connectivity index (χ3v) is 5.35. The summed E-state index contributed by atoms with van der Waals surface area (Å²) in [5.41, 5.74) is 3.24. The van der Waals surface area contributed by atoms with Crippen LogP contribution in [0.1, 0.15) is 35.3 Å². The molecule has 1 aromatic carbocycles. The van der Waals surface area contributed by atoms with Gasteiger partial charge in [-0.25, -0.2) is 4.98 Å². The smallest absolute Gasteiger partial charge is 0.268 e. The summed E-state index contributed by atoms with van der Waals surface area (Å²) in [6.07, 6.45) is 3.43. The van der Waals surface area contributed by atoms with Gasteiger partial charge >= 0.3 is 0 Å². The van der Waals surface area contributed by atoms with Crippen LogP contribution in [0.15, 0.2) is 34.9 Å². The Kier molecular flexibility index (Phi) is 6.22. The molecule has 0 spiro atoms. The minimum absolute atomic E-state index is 0. The maximum absolute atomic E-state index is 12.4. The first-order valence-electron chi connectivity index (χ1n) is 10.6. The van der Waals surface area contributed by atoms with E-state index >= 15 is 0 Å². The summed E-state index contributed by atoms with van der Waals surface area (Å²) in [5.74, 6) is 1.41. The Morgan fingerprint density at radius 2 is 2.03 bits per heavy atom. The number of aromatic nitrogens is 4. The maximum Gasteiger partial charge on any atom is 0.268 e. The SMILES string of the molecule is CCNC(=O)[C@@H]1CCCN1c1cnc(C)c(-c2nnc(-c3ccc(CNC)cc3)o2)n1.[HH].[HH].[HH]. The van der Waals surface area contributed by atoms with Crippen molar-refractivity contribution in [2.45, 2.75) is 39.3 Å². The Bertz CT molecular complexity index is 1060. The van der Waals surface area contributed by atoms with Gasteiger partial charge in [-0.3, -0.25) is 9.78 Å². The summed E-state index contributed by atoms with van der Waals surface area (Å²) >= 11 is 0. The van der Waals surface area contributed by atoms with Gasteiger partial charge in [0.2, 0.25) is 11.8 Å². The van der Waals surface area contributed by atoms with E-state index in [1.54, 1.807) is 6.20 Å². The van der Waals surface area contributed by atoms with Crippen LogP contribution in [0, 0.1) is 6.92 Å². The Balaban J connectivity index is 0.00000193. The monoisotopic (exact) mass is 427 g/mol. The highest BCUT2D eigenvalue weighted by atomic mass is 16.4. The summed E-state index contributed by atoms with van der Waals surface area (Å²) in [6, 6.07) is 7.73. The topological polar surface area (TPSA) is 109 Å². The molecule has 1 aliphatic rings. The quantitative estimate of drug-likeness (QED) is 0.592. The summed E-state index contributed by atoms with van der Waals surface area (Å²) < 4.78 is 5.93. The van der Waals surface area contributed by atoms with Crippen molar-refractivity contribution in [2.24, 2.45) is 0 Å². The molecule has 1 amide bonds. The molecule has 4 rings (SSSR count).